The normalized spacial score (nSPS) is 18.0. The third-order valence-electron chi connectivity index (χ3n) is 3.22. The summed E-state index contributed by atoms with van der Waals surface area (Å²) in [5.74, 6) is -0.272. The molecule has 2 rings (SSSR count). The van der Waals surface area contributed by atoms with Gasteiger partial charge < -0.3 is 14.8 Å². The van der Waals surface area contributed by atoms with Crippen LogP contribution in [0.3, 0.4) is 0 Å². The Morgan fingerprint density at radius 3 is 2.95 bits per heavy atom. The highest BCUT2D eigenvalue weighted by Crippen LogP contribution is 2.22. The molecule has 1 aromatic carbocycles. The molecule has 1 atom stereocenters. The monoisotopic (exact) mass is 303 g/mol. The highest BCUT2D eigenvalue weighted by Gasteiger charge is 2.17. The molecule has 0 radical (unpaired) electrons. The Bertz CT molecular complexity index is 450. The van der Waals surface area contributed by atoms with Gasteiger partial charge in [-0.15, -0.1) is 12.4 Å². The summed E-state index contributed by atoms with van der Waals surface area (Å²) in [6.07, 6.45) is 2.23. The van der Waals surface area contributed by atoms with Crippen LogP contribution in [0, 0.1) is 11.7 Å². The van der Waals surface area contributed by atoms with Gasteiger partial charge in [-0.25, -0.2) is 9.18 Å². The van der Waals surface area contributed by atoms with Gasteiger partial charge in [0.2, 0.25) is 0 Å². The van der Waals surface area contributed by atoms with Crippen LogP contribution < -0.4 is 10.1 Å². The Labute approximate surface area is 124 Å². The second-order valence-corrected chi connectivity index (χ2v) is 4.66. The molecule has 1 heterocycles. The molecule has 0 saturated carbocycles. The number of methoxy groups -OCH3 is 1. The maximum absolute atomic E-state index is 13.2. The summed E-state index contributed by atoms with van der Waals surface area (Å²) in [6.45, 7) is 2.47. The summed E-state index contributed by atoms with van der Waals surface area (Å²) in [5, 5.41) is 3.30. The number of benzene rings is 1. The molecule has 4 nitrogen and oxygen atoms in total. The molecule has 0 bridgehead atoms. The lowest BCUT2D eigenvalue weighted by Crippen LogP contribution is -2.33. The quantitative estimate of drug-likeness (QED) is 0.868. The number of piperidine rings is 1. The van der Waals surface area contributed by atoms with Crippen molar-refractivity contribution < 1.29 is 18.7 Å². The first-order chi connectivity index (χ1) is 9.20. The van der Waals surface area contributed by atoms with Gasteiger partial charge in [0.05, 0.1) is 13.7 Å². The summed E-state index contributed by atoms with van der Waals surface area (Å²) in [7, 11) is 1.27. The summed E-state index contributed by atoms with van der Waals surface area (Å²) < 4.78 is 23.4. The number of hydrogen-bond acceptors (Lipinski definition) is 4. The third kappa shape index (κ3) is 4.35. The lowest BCUT2D eigenvalue weighted by molar-refractivity contribution is 0.0594. The third-order valence-corrected chi connectivity index (χ3v) is 3.22. The number of nitrogens with one attached hydrogen (secondary N) is 1. The minimum Gasteiger partial charge on any atom is -0.492 e. The van der Waals surface area contributed by atoms with E-state index >= 15 is 0 Å². The summed E-state index contributed by atoms with van der Waals surface area (Å²) in [5.41, 5.74) is 0.131. The molecule has 112 valence electrons. The van der Waals surface area contributed by atoms with Crippen LogP contribution >= 0.6 is 12.4 Å². The van der Waals surface area contributed by atoms with Crippen molar-refractivity contribution in [3.05, 3.63) is 29.6 Å². The predicted octanol–water partition coefficient (Wildman–Crippen LogP) is 2.41. The van der Waals surface area contributed by atoms with E-state index < -0.39 is 11.8 Å². The molecule has 0 aliphatic carbocycles. The van der Waals surface area contributed by atoms with Crippen LogP contribution in [0.15, 0.2) is 18.2 Å². The second-order valence-electron chi connectivity index (χ2n) is 4.66. The fraction of sp³-hybridized carbons (Fsp3) is 0.500. The molecule has 1 aromatic rings. The van der Waals surface area contributed by atoms with Crippen LogP contribution in [-0.4, -0.2) is 32.8 Å². The SMILES string of the molecule is COC(=O)c1cc(F)ccc1OC[C@@H]1CCCNC1.Cl. The number of hydrogen-bond donors (Lipinski definition) is 1. The Morgan fingerprint density at radius 2 is 2.30 bits per heavy atom. The summed E-state index contributed by atoms with van der Waals surface area (Å²) in [4.78, 5) is 11.6. The topological polar surface area (TPSA) is 47.6 Å². The van der Waals surface area contributed by atoms with E-state index in [0.717, 1.165) is 32.0 Å². The molecule has 0 aromatic heterocycles. The van der Waals surface area contributed by atoms with Gasteiger partial charge in [0.15, 0.2) is 0 Å². The van der Waals surface area contributed by atoms with Crippen LogP contribution in [-0.2, 0) is 4.74 Å². The highest BCUT2D eigenvalue weighted by molar-refractivity contribution is 5.92. The van der Waals surface area contributed by atoms with Crippen molar-refractivity contribution >= 4 is 18.4 Å². The fourth-order valence-corrected chi connectivity index (χ4v) is 2.17. The van der Waals surface area contributed by atoms with E-state index in [1.54, 1.807) is 0 Å². The number of ether oxygens (including phenoxy) is 2. The van der Waals surface area contributed by atoms with E-state index in [-0.39, 0.29) is 18.0 Å². The molecular formula is C14H19ClFNO3. The van der Waals surface area contributed by atoms with E-state index in [0.29, 0.717) is 18.3 Å². The molecule has 0 unspecified atom stereocenters. The Balaban J connectivity index is 0.00000200. The summed E-state index contributed by atoms with van der Waals surface area (Å²) >= 11 is 0. The highest BCUT2D eigenvalue weighted by atomic mass is 35.5. The maximum Gasteiger partial charge on any atom is 0.341 e. The maximum atomic E-state index is 13.2. The van der Waals surface area contributed by atoms with Crippen molar-refractivity contribution in [3.8, 4) is 5.75 Å². The van der Waals surface area contributed by atoms with Gasteiger partial charge >= 0.3 is 5.97 Å². The standard InChI is InChI=1S/C14H18FNO3.ClH/c1-18-14(17)12-7-11(15)4-5-13(12)19-9-10-3-2-6-16-8-10;/h4-5,7,10,16H,2-3,6,8-9H2,1H3;1H/t10-;/m1./s1. The van der Waals surface area contributed by atoms with Crippen LogP contribution in [0.1, 0.15) is 23.2 Å². The number of carbonyl (C=O) groups is 1. The molecule has 1 fully saturated rings. The van der Waals surface area contributed by atoms with Crippen molar-refractivity contribution in [2.75, 3.05) is 26.8 Å². The number of halogens is 2. The number of esters is 1. The Hall–Kier alpha value is -1.33. The van der Waals surface area contributed by atoms with Crippen LogP contribution in [0.2, 0.25) is 0 Å². The van der Waals surface area contributed by atoms with Crippen molar-refractivity contribution in [2.24, 2.45) is 5.92 Å². The zero-order valence-corrected chi connectivity index (χ0v) is 12.2. The van der Waals surface area contributed by atoms with Gasteiger partial charge in [0, 0.05) is 12.5 Å². The van der Waals surface area contributed by atoms with E-state index in [4.69, 9.17) is 4.74 Å². The molecule has 1 aliphatic rings. The van der Waals surface area contributed by atoms with Crippen molar-refractivity contribution in [1.82, 2.24) is 5.32 Å². The molecule has 20 heavy (non-hydrogen) atoms. The zero-order valence-electron chi connectivity index (χ0n) is 11.4. The van der Waals surface area contributed by atoms with Gasteiger partial charge in [0.25, 0.3) is 0 Å². The minimum absolute atomic E-state index is 0. The van der Waals surface area contributed by atoms with Crippen LogP contribution in [0.5, 0.6) is 5.75 Å². The van der Waals surface area contributed by atoms with Crippen LogP contribution in [0.4, 0.5) is 4.39 Å². The van der Waals surface area contributed by atoms with Crippen molar-refractivity contribution in [3.63, 3.8) is 0 Å². The fourth-order valence-electron chi connectivity index (χ4n) is 2.17. The second kappa shape index (κ2) is 8.07. The van der Waals surface area contributed by atoms with E-state index in [2.05, 4.69) is 10.1 Å². The number of carbonyl (C=O) groups excluding carboxylic acids is 1. The molecule has 0 amide bonds. The molecule has 1 N–H and O–H groups in total. The molecule has 1 aliphatic heterocycles. The predicted molar refractivity (Wildman–Crippen MR) is 76.1 cm³/mol. The lowest BCUT2D eigenvalue weighted by atomic mass is 10.0. The lowest BCUT2D eigenvalue weighted by Gasteiger charge is -2.23. The molecule has 1 saturated heterocycles. The summed E-state index contributed by atoms with van der Waals surface area (Å²) in [6, 6.07) is 3.89. The van der Waals surface area contributed by atoms with Gasteiger partial charge in [-0.05, 0) is 37.6 Å². The van der Waals surface area contributed by atoms with E-state index in [1.165, 1.54) is 19.2 Å². The first-order valence-electron chi connectivity index (χ1n) is 6.42. The molecule has 6 heteroatoms. The molecule has 0 spiro atoms. The Morgan fingerprint density at radius 1 is 1.50 bits per heavy atom. The first-order valence-corrected chi connectivity index (χ1v) is 6.42. The van der Waals surface area contributed by atoms with Gasteiger partial charge in [0.1, 0.15) is 17.1 Å². The van der Waals surface area contributed by atoms with Crippen molar-refractivity contribution in [2.45, 2.75) is 12.8 Å². The van der Waals surface area contributed by atoms with E-state index in [9.17, 15) is 9.18 Å². The largest absolute Gasteiger partial charge is 0.492 e. The van der Waals surface area contributed by atoms with Gasteiger partial charge in [-0.3, -0.25) is 0 Å². The minimum atomic E-state index is -0.587. The number of rotatable bonds is 4. The van der Waals surface area contributed by atoms with E-state index in [1.807, 2.05) is 0 Å². The average Bonchev–Trinajstić information content (AvgIpc) is 2.46. The average molecular weight is 304 g/mol. The Kier molecular flexibility index (Phi) is 6.75. The zero-order chi connectivity index (χ0) is 13.7. The van der Waals surface area contributed by atoms with Crippen molar-refractivity contribution in [1.29, 1.82) is 0 Å². The van der Waals surface area contributed by atoms with Gasteiger partial charge in [-0.2, -0.15) is 0 Å². The van der Waals surface area contributed by atoms with Gasteiger partial charge in [-0.1, -0.05) is 0 Å². The molecular weight excluding hydrogens is 285 g/mol. The first kappa shape index (κ1) is 16.7. The smallest absolute Gasteiger partial charge is 0.341 e. The van der Waals surface area contributed by atoms with Crippen LogP contribution in [0.25, 0.3) is 0 Å².